The predicted molar refractivity (Wildman–Crippen MR) is 80.3 cm³/mol. The molecule has 1 saturated heterocycles. The molecular formula is C15H22BrNO2. The summed E-state index contributed by atoms with van der Waals surface area (Å²) in [5, 5.41) is 0. The standard InChI is InChI=1S/C15H22BrNO2/c1-8-9(2)19-10(3)14(8)15(17)11-5-6-13(18-4)12(16)7-11/h5-10,14-15H,17H2,1-4H3. The minimum Gasteiger partial charge on any atom is -0.496 e. The molecule has 1 aromatic carbocycles. The first kappa shape index (κ1) is 14.8. The highest BCUT2D eigenvalue weighted by molar-refractivity contribution is 9.10. The highest BCUT2D eigenvalue weighted by Gasteiger charge is 2.40. The molecule has 3 nitrogen and oxygen atoms in total. The molecule has 19 heavy (non-hydrogen) atoms. The molecule has 4 heteroatoms. The molecule has 2 N–H and O–H groups in total. The van der Waals surface area contributed by atoms with E-state index in [-0.39, 0.29) is 18.2 Å². The summed E-state index contributed by atoms with van der Waals surface area (Å²) in [6, 6.07) is 6.02. The lowest BCUT2D eigenvalue weighted by Crippen LogP contribution is -2.30. The Morgan fingerprint density at radius 2 is 1.95 bits per heavy atom. The Hall–Kier alpha value is -0.580. The van der Waals surface area contributed by atoms with E-state index in [0.29, 0.717) is 11.8 Å². The van der Waals surface area contributed by atoms with Gasteiger partial charge in [-0.1, -0.05) is 13.0 Å². The van der Waals surface area contributed by atoms with Crippen LogP contribution in [0.15, 0.2) is 22.7 Å². The van der Waals surface area contributed by atoms with Crippen molar-refractivity contribution in [2.45, 2.75) is 39.0 Å². The summed E-state index contributed by atoms with van der Waals surface area (Å²) in [4.78, 5) is 0. The van der Waals surface area contributed by atoms with Crippen molar-refractivity contribution in [3.05, 3.63) is 28.2 Å². The van der Waals surface area contributed by atoms with Gasteiger partial charge >= 0.3 is 0 Å². The largest absolute Gasteiger partial charge is 0.496 e. The van der Waals surface area contributed by atoms with Crippen molar-refractivity contribution in [1.29, 1.82) is 0 Å². The highest BCUT2D eigenvalue weighted by atomic mass is 79.9. The van der Waals surface area contributed by atoms with Crippen LogP contribution in [0.25, 0.3) is 0 Å². The molecule has 0 radical (unpaired) electrons. The zero-order valence-electron chi connectivity index (χ0n) is 11.9. The van der Waals surface area contributed by atoms with Gasteiger partial charge in [0.2, 0.25) is 0 Å². The zero-order valence-corrected chi connectivity index (χ0v) is 13.5. The summed E-state index contributed by atoms with van der Waals surface area (Å²) in [7, 11) is 1.66. The van der Waals surface area contributed by atoms with E-state index in [1.807, 2.05) is 18.2 Å². The quantitative estimate of drug-likeness (QED) is 0.923. The summed E-state index contributed by atoms with van der Waals surface area (Å²) in [5.74, 6) is 1.63. The second kappa shape index (κ2) is 5.81. The number of ether oxygens (including phenoxy) is 2. The van der Waals surface area contributed by atoms with Crippen molar-refractivity contribution in [2.24, 2.45) is 17.6 Å². The molecule has 0 aromatic heterocycles. The van der Waals surface area contributed by atoms with Crippen LogP contribution >= 0.6 is 15.9 Å². The molecule has 1 heterocycles. The summed E-state index contributed by atoms with van der Waals surface area (Å²) >= 11 is 3.51. The fraction of sp³-hybridized carbons (Fsp3) is 0.600. The van der Waals surface area contributed by atoms with Crippen molar-refractivity contribution in [2.75, 3.05) is 7.11 Å². The normalized spacial score (nSPS) is 32.3. The van der Waals surface area contributed by atoms with Crippen LogP contribution in [-0.4, -0.2) is 19.3 Å². The Bertz CT molecular complexity index is 452. The van der Waals surface area contributed by atoms with Crippen molar-refractivity contribution >= 4 is 15.9 Å². The van der Waals surface area contributed by atoms with Crippen LogP contribution in [0.1, 0.15) is 32.4 Å². The average Bonchev–Trinajstić information content (AvgIpc) is 2.62. The number of halogens is 1. The third-order valence-corrected chi connectivity index (χ3v) is 4.91. The molecule has 1 aliphatic rings. The Labute approximate surface area is 123 Å². The highest BCUT2D eigenvalue weighted by Crippen LogP contribution is 2.40. The molecule has 0 saturated carbocycles. The second-order valence-corrected chi connectivity index (χ2v) is 6.26. The minimum absolute atomic E-state index is 0.0165. The van der Waals surface area contributed by atoms with Crippen molar-refractivity contribution in [3.8, 4) is 5.75 Å². The molecule has 1 aliphatic heterocycles. The van der Waals surface area contributed by atoms with Crippen LogP contribution < -0.4 is 10.5 Å². The van der Waals surface area contributed by atoms with E-state index in [1.54, 1.807) is 7.11 Å². The fourth-order valence-electron chi connectivity index (χ4n) is 3.02. The molecule has 1 fully saturated rings. The van der Waals surface area contributed by atoms with Crippen LogP contribution in [0.3, 0.4) is 0 Å². The minimum atomic E-state index is -0.0165. The fourth-order valence-corrected chi connectivity index (χ4v) is 3.58. The molecule has 0 bridgehead atoms. The van der Waals surface area contributed by atoms with Gasteiger partial charge in [0.05, 0.1) is 23.8 Å². The average molecular weight is 328 g/mol. The monoisotopic (exact) mass is 327 g/mol. The van der Waals surface area contributed by atoms with Gasteiger partial charge in [0.25, 0.3) is 0 Å². The SMILES string of the molecule is COc1ccc(C(N)C2C(C)OC(C)C2C)cc1Br. The van der Waals surface area contributed by atoms with E-state index >= 15 is 0 Å². The number of methoxy groups -OCH3 is 1. The van der Waals surface area contributed by atoms with Crippen molar-refractivity contribution in [1.82, 2.24) is 0 Å². The molecule has 1 aromatic rings. The second-order valence-electron chi connectivity index (χ2n) is 5.40. The van der Waals surface area contributed by atoms with E-state index in [4.69, 9.17) is 15.2 Å². The third kappa shape index (κ3) is 2.81. The number of hydrogen-bond donors (Lipinski definition) is 1. The van der Waals surface area contributed by atoms with Gasteiger partial charge in [0.15, 0.2) is 0 Å². The number of benzene rings is 1. The Morgan fingerprint density at radius 1 is 1.26 bits per heavy atom. The zero-order chi connectivity index (χ0) is 14.2. The molecule has 2 rings (SSSR count). The van der Waals surface area contributed by atoms with E-state index in [2.05, 4.69) is 36.7 Å². The van der Waals surface area contributed by atoms with E-state index < -0.39 is 0 Å². The smallest absolute Gasteiger partial charge is 0.133 e. The van der Waals surface area contributed by atoms with Gasteiger partial charge in [0, 0.05) is 12.0 Å². The lowest BCUT2D eigenvalue weighted by molar-refractivity contribution is 0.0489. The van der Waals surface area contributed by atoms with Gasteiger partial charge < -0.3 is 15.2 Å². The Kier molecular flexibility index (Phi) is 4.54. The van der Waals surface area contributed by atoms with E-state index in [9.17, 15) is 0 Å². The maximum absolute atomic E-state index is 6.46. The van der Waals surface area contributed by atoms with Gasteiger partial charge in [-0.3, -0.25) is 0 Å². The molecule has 106 valence electrons. The van der Waals surface area contributed by atoms with E-state index in [1.165, 1.54) is 0 Å². The van der Waals surface area contributed by atoms with Gasteiger partial charge in [-0.2, -0.15) is 0 Å². The van der Waals surface area contributed by atoms with Gasteiger partial charge in [-0.25, -0.2) is 0 Å². The van der Waals surface area contributed by atoms with Crippen molar-refractivity contribution in [3.63, 3.8) is 0 Å². The Balaban J connectivity index is 2.24. The third-order valence-electron chi connectivity index (χ3n) is 4.29. The van der Waals surface area contributed by atoms with Crippen LogP contribution in [0.2, 0.25) is 0 Å². The predicted octanol–water partition coefficient (Wildman–Crippen LogP) is 3.52. The summed E-state index contributed by atoms with van der Waals surface area (Å²) in [6.07, 6.45) is 0.466. The van der Waals surface area contributed by atoms with Gasteiger partial charge in [-0.05, 0) is 53.4 Å². The topological polar surface area (TPSA) is 44.5 Å². The summed E-state index contributed by atoms with van der Waals surface area (Å²) < 4.78 is 12.1. The van der Waals surface area contributed by atoms with Crippen LogP contribution in [-0.2, 0) is 4.74 Å². The molecule has 0 aliphatic carbocycles. The van der Waals surface area contributed by atoms with E-state index in [0.717, 1.165) is 15.8 Å². The summed E-state index contributed by atoms with van der Waals surface area (Å²) in [6.45, 7) is 6.46. The maximum Gasteiger partial charge on any atom is 0.133 e. The molecule has 0 spiro atoms. The lowest BCUT2D eigenvalue weighted by atomic mass is 9.81. The Morgan fingerprint density at radius 3 is 2.42 bits per heavy atom. The first-order chi connectivity index (χ1) is 8.95. The van der Waals surface area contributed by atoms with Gasteiger partial charge in [-0.15, -0.1) is 0 Å². The number of nitrogens with two attached hydrogens (primary N) is 1. The number of rotatable bonds is 3. The molecule has 0 amide bonds. The molecular weight excluding hydrogens is 306 g/mol. The first-order valence-electron chi connectivity index (χ1n) is 6.70. The van der Waals surface area contributed by atoms with Crippen LogP contribution in [0.5, 0.6) is 5.75 Å². The first-order valence-corrected chi connectivity index (χ1v) is 7.49. The summed E-state index contributed by atoms with van der Waals surface area (Å²) in [5.41, 5.74) is 7.58. The van der Waals surface area contributed by atoms with Crippen molar-refractivity contribution < 1.29 is 9.47 Å². The van der Waals surface area contributed by atoms with Crippen LogP contribution in [0.4, 0.5) is 0 Å². The van der Waals surface area contributed by atoms with Gasteiger partial charge in [0.1, 0.15) is 5.75 Å². The molecule has 5 atom stereocenters. The maximum atomic E-state index is 6.46. The van der Waals surface area contributed by atoms with Crippen LogP contribution in [0, 0.1) is 11.8 Å². The lowest BCUT2D eigenvalue weighted by Gasteiger charge is -2.26. The molecule has 5 unspecified atom stereocenters. The number of hydrogen-bond acceptors (Lipinski definition) is 3.